The number of fused-ring (bicyclic) bond motifs is 2. The van der Waals surface area contributed by atoms with Gasteiger partial charge in [-0.05, 0) is 83.7 Å². The first kappa shape index (κ1) is 57.8. The normalized spacial score (nSPS) is 22.8. The van der Waals surface area contributed by atoms with E-state index in [2.05, 4.69) is 81.7 Å². The summed E-state index contributed by atoms with van der Waals surface area (Å²) in [6, 6.07) is 1.87. The van der Waals surface area contributed by atoms with Crippen LogP contribution in [0.1, 0.15) is 57.9 Å². The minimum absolute atomic E-state index is 0.424. The molecular weight excluding hydrogens is 943 g/mol. The lowest BCUT2D eigenvalue weighted by Gasteiger charge is -2.18. The van der Waals surface area contributed by atoms with Crippen LogP contribution in [0.5, 0.6) is 0 Å². The van der Waals surface area contributed by atoms with E-state index in [-0.39, 0.29) is 0 Å². The zero-order valence-corrected chi connectivity index (χ0v) is 43.8. The van der Waals surface area contributed by atoms with Gasteiger partial charge in [0, 0.05) is 32.5 Å². The Bertz CT molecular complexity index is 2210. The molecule has 8 atom stereocenters. The number of aliphatic hydroxyl groups excluding tert-OH is 4. The molecular formula is C47H82N10O11P2. The molecule has 0 aromatic carbocycles. The van der Waals surface area contributed by atoms with Crippen molar-refractivity contribution in [1.82, 2.24) is 34.1 Å². The van der Waals surface area contributed by atoms with E-state index >= 15 is 0 Å². The smallest absolute Gasteiger partial charge is 0.167 e. The molecule has 2 saturated heterocycles. The number of nitrogens with two attached hydrogens (primary N) is 1. The highest BCUT2D eigenvalue weighted by Gasteiger charge is 2.45. The van der Waals surface area contributed by atoms with Crippen molar-refractivity contribution in [3.05, 3.63) is 31.2 Å². The highest BCUT2D eigenvalue weighted by Crippen LogP contribution is 2.41. The van der Waals surface area contributed by atoms with Gasteiger partial charge in [-0.1, -0.05) is 13.3 Å². The molecule has 0 unspecified atom stereocenters. The van der Waals surface area contributed by atoms with E-state index < -0.39 is 62.9 Å². The number of aromatic nitrogens is 7. The van der Waals surface area contributed by atoms with Gasteiger partial charge in [-0.3, -0.25) is 9.13 Å². The van der Waals surface area contributed by atoms with Crippen LogP contribution in [-0.4, -0.2) is 228 Å². The van der Waals surface area contributed by atoms with E-state index in [0.29, 0.717) is 120 Å². The molecule has 6 heterocycles. The lowest BCUT2D eigenvalue weighted by Crippen LogP contribution is -2.31. The van der Waals surface area contributed by atoms with Crippen LogP contribution in [0, 0.1) is 0 Å². The topological polar surface area (TPSA) is 270 Å². The number of hydrogen-bond acceptors (Lipinski definition) is 19. The SMILES string of the molecule is C=P(C)(C)CC[C@H]1O[C@@H](n2cnc3c(NCCCC)ncnc32)[C@H](O)[C@@H]1O.C=P(C)(C)CC[C@H]1O[C@@H](n2cnc3c(NCCCOCCOCCOCCOCCOCCCN)ccnc32)[C@H](O)[C@@H]1O. The van der Waals surface area contributed by atoms with E-state index in [1.54, 1.807) is 28.0 Å². The quantitative estimate of drug-likeness (QED) is 0.0274. The molecule has 396 valence electrons. The molecule has 0 aliphatic carbocycles. The van der Waals surface area contributed by atoms with Crippen molar-refractivity contribution in [3.8, 4) is 0 Å². The summed E-state index contributed by atoms with van der Waals surface area (Å²) >= 11 is 0. The van der Waals surface area contributed by atoms with Gasteiger partial charge < -0.3 is 70.0 Å². The van der Waals surface area contributed by atoms with Gasteiger partial charge in [-0.2, -0.15) is 0 Å². The molecule has 0 spiro atoms. The molecule has 0 bridgehead atoms. The van der Waals surface area contributed by atoms with Gasteiger partial charge in [-0.25, -0.2) is 24.9 Å². The summed E-state index contributed by atoms with van der Waals surface area (Å²) in [6.45, 7) is 15.9. The molecule has 6 rings (SSSR count). The van der Waals surface area contributed by atoms with Gasteiger partial charge in [0.05, 0.1) is 83.4 Å². The maximum atomic E-state index is 10.7. The first-order chi connectivity index (χ1) is 33.6. The number of rotatable bonds is 32. The molecule has 2 aliphatic heterocycles. The lowest BCUT2D eigenvalue weighted by molar-refractivity contribution is -0.0353. The summed E-state index contributed by atoms with van der Waals surface area (Å²) in [7, 11) is 0. The summed E-state index contributed by atoms with van der Waals surface area (Å²) in [5.41, 5.74) is 8.71. The molecule has 21 nitrogen and oxygen atoms in total. The second-order valence-electron chi connectivity index (χ2n) is 19.0. The monoisotopic (exact) mass is 1020 g/mol. The van der Waals surface area contributed by atoms with Gasteiger partial charge in [0.1, 0.15) is 36.3 Å². The van der Waals surface area contributed by atoms with Gasteiger partial charge in [0.15, 0.2) is 35.1 Å². The van der Waals surface area contributed by atoms with Crippen LogP contribution in [0.3, 0.4) is 0 Å². The zero-order chi connectivity index (χ0) is 50.5. The number of pyridine rings is 1. The maximum Gasteiger partial charge on any atom is 0.167 e. The van der Waals surface area contributed by atoms with Crippen LogP contribution >= 0.6 is 13.8 Å². The largest absolute Gasteiger partial charge is 0.388 e. The highest BCUT2D eigenvalue weighted by atomic mass is 31.2. The number of ether oxygens (including phenoxy) is 7. The molecule has 2 aliphatic rings. The highest BCUT2D eigenvalue weighted by molar-refractivity contribution is 7.72. The Morgan fingerprint density at radius 1 is 0.614 bits per heavy atom. The third-order valence-electron chi connectivity index (χ3n) is 11.7. The Balaban J connectivity index is 0.000000289. The third-order valence-corrected chi connectivity index (χ3v) is 14.6. The van der Waals surface area contributed by atoms with E-state index in [0.717, 1.165) is 50.2 Å². The minimum Gasteiger partial charge on any atom is -0.388 e. The van der Waals surface area contributed by atoms with Crippen molar-refractivity contribution in [2.24, 2.45) is 5.73 Å². The van der Waals surface area contributed by atoms with E-state index in [1.807, 2.05) is 6.07 Å². The predicted octanol–water partition coefficient (Wildman–Crippen LogP) is 3.14. The van der Waals surface area contributed by atoms with Gasteiger partial charge >= 0.3 is 0 Å². The summed E-state index contributed by atoms with van der Waals surface area (Å²) in [5, 5.41) is 49.0. The van der Waals surface area contributed by atoms with E-state index in [9.17, 15) is 20.4 Å². The van der Waals surface area contributed by atoms with Crippen molar-refractivity contribution in [3.63, 3.8) is 0 Å². The number of unbranched alkanes of at least 4 members (excludes halogenated alkanes) is 1. The van der Waals surface area contributed by atoms with Crippen LogP contribution in [0.15, 0.2) is 31.2 Å². The molecule has 70 heavy (non-hydrogen) atoms. The zero-order valence-electron chi connectivity index (χ0n) is 42.0. The molecule has 0 amide bonds. The van der Waals surface area contributed by atoms with Gasteiger partial charge in [-0.15, -0.1) is 26.4 Å². The van der Waals surface area contributed by atoms with Gasteiger partial charge in [0.2, 0.25) is 0 Å². The molecule has 8 N–H and O–H groups in total. The van der Waals surface area contributed by atoms with Crippen molar-refractivity contribution < 1.29 is 53.6 Å². The predicted molar refractivity (Wildman–Crippen MR) is 280 cm³/mol. The van der Waals surface area contributed by atoms with Crippen molar-refractivity contribution in [2.45, 2.75) is 94.5 Å². The number of nitrogens with zero attached hydrogens (tertiary/aromatic N) is 7. The Morgan fingerprint density at radius 2 is 1.09 bits per heavy atom. The molecule has 0 saturated carbocycles. The van der Waals surface area contributed by atoms with Crippen molar-refractivity contribution >= 4 is 60.2 Å². The number of imidazole rings is 2. The second-order valence-corrected chi connectivity index (χ2v) is 27.6. The average Bonchev–Trinajstić information content (AvgIpc) is 4.09. The average molecular weight is 1030 g/mol. The second kappa shape index (κ2) is 29.6. The Morgan fingerprint density at radius 3 is 1.59 bits per heavy atom. The summed E-state index contributed by atoms with van der Waals surface area (Å²) < 4.78 is 42.9. The molecule has 4 aromatic rings. The summed E-state index contributed by atoms with van der Waals surface area (Å²) in [4.78, 5) is 22.0. The molecule has 0 radical (unpaired) electrons. The number of anilines is 2. The van der Waals surface area contributed by atoms with Crippen LogP contribution in [0.4, 0.5) is 11.5 Å². The van der Waals surface area contributed by atoms with Crippen molar-refractivity contribution in [1.29, 1.82) is 0 Å². The summed E-state index contributed by atoms with van der Waals surface area (Å²) in [6.07, 6.45) is 15.3. The van der Waals surface area contributed by atoms with Crippen molar-refractivity contribution in [2.75, 3.05) is 135 Å². The van der Waals surface area contributed by atoms with E-state index in [4.69, 9.17) is 38.9 Å². The minimum atomic E-state index is -1.27. The summed E-state index contributed by atoms with van der Waals surface area (Å²) in [5.74, 6) is 0.667. The first-order valence-corrected chi connectivity index (χ1v) is 30.7. The fourth-order valence-electron chi connectivity index (χ4n) is 7.73. The Labute approximate surface area is 413 Å². The lowest BCUT2D eigenvalue weighted by atomic mass is 10.1. The van der Waals surface area contributed by atoms with Crippen LogP contribution in [0.25, 0.3) is 22.3 Å². The van der Waals surface area contributed by atoms with Crippen LogP contribution in [0.2, 0.25) is 0 Å². The standard InChI is InChI=1S/C29H52N5O8P.C18H30N5O3P/c1-43(2,3)21-7-24-26(35)27(36)29(42-24)34-22-33-25-23(6-10-32-28(25)34)31-9-5-12-38-14-16-40-18-20-41-19-17-39-15-13-37-11-4-8-30;1-5-6-8-19-16-13-17(21-10-20-16)23(11-22-13)18-15(25)14(24)12(26-18)7-9-27(2,3)4/h6,10,22,24,26-27,29,35-36H,1,4-5,7-9,11-21,30H2,2-3H3,(H,31,32);10-12,14-15,18,24-25H,2,5-9H2,1,3-4H3,(H,19,20,21)/t24-,26-,27-,29-;12-,14-,15-,18-/m11/s1. The molecule has 23 heteroatoms. The number of aliphatic hydroxyl groups is 4. The van der Waals surface area contributed by atoms with Gasteiger partial charge in [0.25, 0.3) is 0 Å². The van der Waals surface area contributed by atoms with E-state index in [1.165, 1.54) is 6.33 Å². The molecule has 4 aromatic heterocycles. The fourth-order valence-corrected chi connectivity index (χ4v) is 9.63. The maximum absolute atomic E-state index is 10.7. The molecule has 2 fully saturated rings. The number of hydrogen-bond donors (Lipinski definition) is 7. The van der Waals surface area contributed by atoms with Crippen LogP contribution < -0.4 is 16.4 Å². The number of nitrogens with one attached hydrogen (secondary N) is 2. The first-order valence-electron chi connectivity index (χ1n) is 24.6. The third kappa shape index (κ3) is 18.1. The fraction of sp³-hybridized carbons (Fsp3) is 0.723. The Kier molecular flexibility index (Phi) is 24.4. The Hall–Kier alpha value is -3.11. The van der Waals surface area contributed by atoms with Crippen LogP contribution in [-0.2, 0) is 33.2 Å².